The number of likely N-dealkylation sites (N-methyl/N-ethyl adjacent to an activating group) is 1. The summed E-state index contributed by atoms with van der Waals surface area (Å²) in [7, 11) is 1.79. The third-order valence-corrected chi connectivity index (χ3v) is 3.47. The number of benzene rings is 1. The van der Waals surface area contributed by atoms with Crippen LogP contribution in [0.1, 0.15) is 38.2 Å². The Morgan fingerprint density at radius 1 is 1.28 bits per heavy atom. The van der Waals surface area contributed by atoms with Crippen molar-refractivity contribution in [1.29, 1.82) is 0 Å². The molecule has 0 aliphatic heterocycles. The number of nitrogens with zero attached hydrogens (tertiary/aromatic N) is 1. The van der Waals surface area contributed by atoms with Crippen molar-refractivity contribution < 1.29 is 4.79 Å². The number of rotatable bonds is 3. The van der Waals surface area contributed by atoms with E-state index < -0.39 is 5.54 Å². The lowest BCUT2D eigenvalue weighted by atomic mass is 10.0. The highest BCUT2D eigenvalue weighted by molar-refractivity contribution is 6.01. The molecule has 100 valence electrons. The Labute approximate surface area is 115 Å². The van der Waals surface area contributed by atoms with E-state index in [1.807, 2.05) is 12.1 Å². The first-order valence-corrected chi connectivity index (χ1v) is 6.11. The molecule has 0 saturated heterocycles. The van der Waals surface area contributed by atoms with E-state index in [0.29, 0.717) is 5.92 Å². The van der Waals surface area contributed by atoms with Crippen molar-refractivity contribution in [3.8, 4) is 0 Å². The second kappa shape index (κ2) is 5.29. The Bertz CT molecular complexity index is 424. The fraction of sp³-hybridized carbons (Fsp3) is 0.500. The van der Waals surface area contributed by atoms with Gasteiger partial charge in [-0.3, -0.25) is 4.79 Å². The van der Waals surface area contributed by atoms with Gasteiger partial charge in [-0.1, -0.05) is 26.0 Å². The molecule has 1 aliphatic carbocycles. The number of hydrogen-bond acceptors (Lipinski definition) is 2. The van der Waals surface area contributed by atoms with Crippen molar-refractivity contribution in [3.05, 3.63) is 29.8 Å². The Morgan fingerprint density at radius 3 is 2.17 bits per heavy atom. The Balaban J connectivity index is 0.00000162. The number of nitrogens with two attached hydrogens (primary N) is 1. The third kappa shape index (κ3) is 2.85. The Morgan fingerprint density at radius 2 is 1.78 bits per heavy atom. The zero-order valence-corrected chi connectivity index (χ0v) is 12.0. The molecule has 1 fully saturated rings. The third-order valence-electron chi connectivity index (χ3n) is 3.47. The highest BCUT2D eigenvalue weighted by atomic mass is 35.5. The van der Waals surface area contributed by atoms with Gasteiger partial charge in [-0.25, -0.2) is 0 Å². The SMILES string of the molecule is CC(C)c1ccc(N(C)C(=O)C2(N)CC2)cc1.Cl. The molecule has 0 radical (unpaired) electrons. The van der Waals surface area contributed by atoms with Crippen LogP contribution < -0.4 is 10.6 Å². The number of amides is 1. The molecule has 0 heterocycles. The molecule has 1 saturated carbocycles. The molecule has 4 heteroatoms. The lowest BCUT2D eigenvalue weighted by Crippen LogP contribution is -2.43. The average molecular weight is 269 g/mol. The quantitative estimate of drug-likeness (QED) is 0.916. The molecule has 0 unspecified atom stereocenters. The standard InChI is InChI=1S/C14H20N2O.ClH/c1-10(2)11-4-6-12(7-5-11)16(3)13(17)14(15)8-9-14;/h4-7,10H,8-9,15H2,1-3H3;1H. The minimum atomic E-state index is -0.592. The van der Waals surface area contributed by atoms with Gasteiger partial charge in [0.1, 0.15) is 0 Å². The van der Waals surface area contributed by atoms with E-state index in [1.165, 1.54) is 5.56 Å². The van der Waals surface area contributed by atoms with Crippen molar-refractivity contribution in [3.63, 3.8) is 0 Å². The van der Waals surface area contributed by atoms with E-state index in [1.54, 1.807) is 11.9 Å². The maximum Gasteiger partial charge on any atom is 0.246 e. The van der Waals surface area contributed by atoms with Gasteiger partial charge in [0.15, 0.2) is 0 Å². The van der Waals surface area contributed by atoms with Crippen molar-refractivity contribution in [2.24, 2.45) is 5.73 Å². The molecular formula is C14H21ClN2O. The molecule has 1 amide bonds. The summed E-state index contributed by atoms with van der Waals surface area (Å²) in [4.78, 5) is 13.7. The normalized spacial score (nSPS) is 16.1. The van der Waals surface area contributed by atoms with Crippen LogP contribution in [0.2, 0.25) is 0 Å². The van der Waals surface area contributed by atoms with Gasteiger partial charge in [-0.15, -0.1) is 12.4 Å². The van der Waals surface area contributed by atoms with Gasteiger partial charge in [0, 0.05) is 12.7 Å². The smallest absolute Gasteiger partial charge is 0.246 e. The molecule has 0 spiro atoms. The molecule has 1 aromatic carbocycles. The van der Waals surface area contributed by atoms with Crippen LogP contribution in [0.4, 0.5) is 5.69 Å². The summed E-state index contributed by atoms with van der Waals surface area (Å²) in [5.74, 6) is 0.532. The van der Waals surface area contributed by atoms with Gasteiger partial charge >= 0.3 is 0 Å². The average Bonchev–Trinajstić information content (AvgIpc) is 3.07. The van der Waals surface area contributed by atoms with Crippen LogP contribution in [0.15, 0.2) is 24.3 Å². The van der Waals surface area contributed by atoms with Crippen LogP contribution in [0.25, 0.3) is 0 Å². The van der Waals surface area contributed by atoms with E-state index in [9.17, 15) is 4.79 Å². The molecule has 18 heavy (non-hydrogen) atoms. The molecule has 1 aliphatic rings. The number of halogens is 1. The summed E-state index contributed by atoms with van der Waals surface area (Å²) in [5, 5.41) is 0. The molecule has 1 aromatic rings. The maximum atomic E-state index is 12.0. The summed E-state index contributed by atoms with van der Waals surface area (Å²) < 4.78 is 0. The lowest BCUT2D eigenvalue weighted by molar-refractivity contribution is -0.120. The van der Waals surface area contributed by atoms with Gasteiger partial charge in [-0.05, 0) is 36.5 Å². The summed E-state index contributed by atoms with van der Waals surface area (Å²) in [5.41, 5.74) is 7.52. The van der Waals surface area contributed by atoms with Crippen LogP contribution in [-0.2, 0) is 4.79 Å². The predicted molar refractivity (Wildman–Crippen MR) is 77.3 cm³/mol. The second-order valence-electron chi connectivity index (χ2n) is 5.27. The topological polar surface area (TPSA) is 46.3 Å². The Hall–Kier alpha value is -1.06. The molecule has 3 nitrogen and oxygen atoms in total. The highest BCUT2D eigenvalue weighted by Crippen LogP contribution is 2.35. The number of carbonyl (C=O) groups excluding carboxylic acids is 1. The van der Waals surface area contributed by atoms with Gasteiger partial charge in [0.25, 0.3) is 0 Å². The fourth-order valence-electron chi connectivity index (χ4n) is 1.88. The summed E-state index contributed by atoms with van der Waals surface area (Å²) in [6.45, 7) is 4.31. The van der Waals surface area contributed by atoms with E-state index in [0.717, 1.165) is 18.5 Å². The van der Waals surface area contributed by atoms with Crippen LogP contribution in [0.3, 0.4) is 0 Å². The second-order valence-corrected chi connectivity index (χ2v) is 5.27. The zero-order valence-electron chi connectivity index (χ0n) is 11.1. The molecule has 2 N–H and O–H groups in total. The van der Waals surface area contributed by atoms with Gasteiger partial charge in [-0.2, -0.15) is 0 Å². The van der Waals surface area contributed by atoms with Gasteiger partial charge in [0.2, 0.25) is 5.91 Å². The molecule has 0 aromatic heterocycles. The molecule has 2 rings (SSSR count). The lowest BCUT2D eigenvalue weighted by Gasteiger charge is -2.21. The number of carbonyl (C=O) groups is 1. The van der Waals surface area contributed by atoms with Crippen LogP contribution >= 0.6 is 12.4 Å². The van der Waals surface area contributed by atoms with E-state index >= 15 is 0 Å². The summed E-state index contributed by atoms with van der Waals surface area (Å²) in [6.07, 6.45) is 1.61. The van der Waals surface area contributed by atoms with Gasteiger partial charge in [0.05, 0.1) is 5.54 Å². The van der Waals surface area contributed by atoms with Crippen molar-refractivity contribution in [2.75, 3.05) is 11.9 Å². The van der Waals surface area contributed by atoms with E-state index in [2.05, 4.69) is 26.0 Å². The van der Waals surface area contributed by atoms with Crippen LogP contribution in [0.5, 0.6) is 0 Å². The van der Waals surface area contributed by atoms with E-state index in [-0.39, 0.29) is 18.3 Å². The first-order chi connectivity index (χ1) is 7.94. The maximum absolute atomic E-state index is 12.0. The first kappa shape index (κ1) is 15.0. The minimum Gasteiger partial charge on any atom is -0.317 e. The van der Waals surface area contributed by atoms with Crippen LogP contribution in [-0.4, -0.2) is 18.5 Å². The molecule has 0 bridgehead atoms. The van der Waals surface area contributed by atoms with Gasteiger partial charge < -0.3 is 10.6 Å². The molecular weight excluding hydrogens is 248 g/mol. The van der Waals surface area contributed by atoms with Crippen molar-refractivity contribution >= 4 is 24.0 Å². The number of anilines is 1. The highest BCUT2D eigenvalue weighted by Gasteiger charge is 2.47. The predicted octanol–water partition coefficient (Wildman–Crippen LogP) is 2.69. The minimum absolute atomic E-state index is 0. The van der Waals surface area contributed by atoms with Crippen molar-refractivity contribution in [1.82, 2.24) is 0 Å². The molecule has 0 atom stereocenters. The van der Waals surface area contributed by atoms with E-state index in [4.69, 9.17) is 5.73 Å². The van der Waals surface area contributed by atoms with Crippen LogP contribution in [0, 0.1) is 0 Å². The van der Waals surface area contributed by atoms with Crippen molar-refractivity contribution in [2.45, 2.75) is 38.1 Å². The summed E-state index contributed by atoms with van der Waals surface area (Å²) >= 11 is 0. The Kier molecular flexibility index (Phi) is 4.41. The first-order valence-electron chi connectivity index (χ1n) is 6.11. The monoisotopic (exact) mass is 268 g/mol. The number of hydrogen-bond donors (Lipinski definition) is 1. The largest absolute Gasteiger partial charge is 0.317 e. The zero-order chi connectivity index (χ0) is 12.6. The summed E-state index contributed by atoms with van der Waals surface area (Å²) in [6, 6.07) is 8.11. The fourth-order valence-corrected chi connectivity index (χ4v) is 1.88.